The molecule has 3 N–H and O–H groups in total. The van der Waals surface area contributed by atoms with E-state index >= 15 is 0 Å². The maximum absolute atomic E-state index is 10.7. The van der Waals surface area contributed by atoms with E-state index in [0.717, 1.165) is 0 Å². The number of nitrogens with one attached hydrogen (secondary N) is 1. The van der Waals surface area contributed by atoms with Crippen LogP contribution in [0.1, 0.15) is 6.42 Å². The molecule has 0 spiro atoms. The normalized spacial score (nSPS) is 11.7. The highest BCUT2D eigenvalue weighted by Gasteiger charge is 2.11. The summed E-state index contributed by atoms with van der Waals surface area (Å²) in [6.45, 7) is 0.311. The van der Waals surface area contributed by atoms with Gasteiger partial charge in [0.25, 0.3) is 11.7 Å². The SMILES string of the molecule is NS(=O)(=O)CCCNc1nc2cc([N+](=O)[O-])ccc2o1. The Hall–Kier alpha value is -2.20. The number of aromatic nitrogens is 1. The first-order valence-corrected chi connectivity index (χ1v) is 7.36. The first-order chi connectivity index (χ1) is 9.35. The Bertz CT molecular complexity index is 739. The number of benzene rings is 1. The van der Waals surface area contributed by atoms with E-state index in [1.54, 1.807) is 0 Å². The van der Waals surface area contributed by atoms with Gasteiger partial charge in [-0.15, -0.1) is 0 Å². The minimum absolute atomic E-state index is 0.0772. The minimum Gasteiger partial charge on any atom is -0.424 e. The summed E-state index contributed by atoms with van der Waals surface area (Å²) in [5.74, 6) is -0.147. The van der Waals surface area contributed by atoms with Gasteiger partial charge in [0, 0.05) is 18.7 Å². The van der Waals surface area contributed by atoms with Crippen LogP contribution in [0.15, 0.2) is 22.6 Å². The van der Waals surface area contributed by atoms with Gasteiger partial charge in [-0.05, 0) is 12.5 Å². The lowest BCUT2D eigenvalue weighted by Crippen LogP contribution is -2.18. The number of nitrogens with two attached hydrogens (primary N) is 1. The maximum atomic E-state index is 10.7. The molecule has 0 amide bonds. The second-order valence-corrected chi connectivity index (χ2v) is 5.81. The van der Waals surface area contributed by atoms with Gasteiger partial charge in [-0.2, -0.15) is 4.98 Å². The fraction of sp³-hybridized carbons (Fsp3) is 0.300. The number of hydrogen-bond acceptors (Lipinski definition) is 7. The Balaban J connectivity index is 2.03. The van der Waals surface area contributed by atoms with Crippen molar-refractivity contribution in [1.29, 1.82) is 0 Å². The smallest absolute Gasteiger partial charge is 0.295 e. The van der Waals surface area contributed by atoms with Crippen LogP contribution in [0.5, 0.6) is 0 Å². The third kappa shape index (κ3) is 3.65. The molecule has 1 aromatic carbocycles. The number of nitro groups is 1. The number of oxazole rings is 1. The molecule has 0 aliphatic carbocycles. The van der Waals surface area contributed by atoms with E-state index in [2.05, 4.69) is 10.3 Å². The van der Waals surface area contributed by atoms with Crippen LogP contribution in [0.4, 0.5) is 11.7 Å². The van der Waals surface area contributed by atoms with Crippen molar-refractivity contribution in [3.8, 4) is 0 Å². The lowest BCUT2D eigenvalue weighted by molar-refractivity contribution is -0.384. The van der Waals surface area contributed by atoms with Crippen LogP contribution < -0.4 is 10.5 Å². The van der Waals surface area contributed by atoms with Gasteiger partial charge in [0.2, 0.25) is 10.0 Å². The molecular formula is C10H12N4O5S. The number of non-ortho nitro benzene ring substituents is 1. The molecule has 0 aliphatic heterocycles. The van der Waals surface area contributed by atoms with E-state index in [-0.39, 0.29) is 17.5 Å². The summed E-state index contributed by atoms with van der Waals surface area (Å²) in [6.07, 6.45) is 0.303. The molecule has 1 heterocycles. The Morgan fingerprint density at radius 2 is 2.20 bits per heavy atom. The monoisotopic (exact) mass is 300 g/mol. The largest absolute Gasteiger partial charge is 0.424 e. The van der Waals surface area contributed by atoms with Crippen molar-refractivity contribution in [2.24, 2.45) is 5.14 Å². The average Bonchev–Trinajstić information content (AvgIpc) is 2.75. The Morgan fingerprint density at radius 3 is 2.85 bits per heavy atom. The molecule has 2 rings (SSSR count). The van der Waals surface area contributed by atoms with Crippen LogP contribution in [0.25, 0.3) is 11.1 Å². The minimum atomic E-state index is -3.48. The zero-order chi connectivity index (χ0) is 14.8. The van der Waals surface area contributed by atoms with Crippen molar-refractivity contribution in [2.45, 2.75) is 6.42 Å². The summed E-state index contributed by atoms with van der Waals surface area (Å²) in [7, 11) is -3.48. The summed E-state index contributed by atoms with van der Waals surface area (Å²) < 4.78 is 26.8. The molecule has 0 fully saturated rings. The zero-order valence-electron chi connectivity index (χ0n) is 10.3. The highest BCUT2D eigenvalue weighted by molar-refractivity contribution is 7.89. The van der Waals surface area contributed by atoms with Crippen molar-refractivity contribution < 1.29 is 17.8 Å². The summed E-state index contributed by atoms with van der Waals surface area (Å²) in [5.41, 5.74) is 0.685. The molecule has 0 saturated carbocycles. The second kappa shape index (κ2) is 5.43. The molecule has 0 bridgehead atoms. The average molecular weight is 300 g/mol. The van der Waals surface area contributed by atoms with E-state index in [4.69, 9.17) is 9.56 Å². The van der Waals surface area contributed by atoms with E-state index < -0.39 is 14.9 Å². The zero-order valence-corrected chi connectivity index (χ0v) is 11.1. The van der Waals surface area contributed by atoms with Gasteiger partial charge in [-0.25, -0.2) is 13.6 Å². The lowest BCUT2D eigenvalue weighted by Gasteiger charge is -1.99. The third-order valence-corrected chi connectivity index (χ3v) is 3.32. The number of nitro benzene ring substituents is 1. The van der Waals surface area contributed by atoms with Crippen LogP contribution in [-0.4, -0.2) is 30.6 Å². The van der Waals surface area contributed by atoms with Gasteiger partial charge in [-0.1, -0.05) is 0 Å². The molecule has 1 aromatic heterocycles. The van der Waals surface area contributed by atoms with Gasteiger partial charge in [0.05, 0.1) is 10.7 Å². The topological polar surface area (TPSA) is 141 Å². The summed E-state index contributed by atoms with van der Waals surface area (Å²) in [6, 6.07) is 4.25. The van der Waals surface area contributed by atoms with Crippen molar-refractivity contribution in [3.63, 3.8) is 0 Å². The van der Waals surface area contributed by atoms with Gasteiger partial charge in [0.1, 0.15) is 5.52 Å². The first-order valence-electron chi connectivity index (χ1n) is 5.64. The van der Waals surface area contributed by atoms with Gasteiger partial charge >= 0.3 is 0 Å². The van der Waals surface area contributed by atoms with Crippen LogP contribution in [0.2, 0.25) is 0 Å². The molecular weight excluding hydrogens is 288 g/mol. The quantitative estimate of drug-likeness (QED) is 0.457. The molecule has 108 valence electrons. The fourth-order valence-electron chi connectivity index (χ4n) is 1.57. The Labute approximate surface area is 114 Å². The molecule has 9 nitrogen and oxygen atoms in total. The molecule has 0 atom stereocenters. The van der Waals surface area contributed by atoms with Crippen molar-refractivity contribution in [1.82, 2.24) is 4.98 Å². The molecule has 10 heteroatoms. The van der Waals surface area contributed by atoms with Crippen molar-refractivity contribution in [3.05, 3.63) is 28.3 Å². The lowest BCUT2D eigenvalue weighted by atomic mass is 10.3. The van der Waals surface area contributed by atoms with Gasteiger partial charge < -0.3 is 9.73 Å². The van der Waals surface area contributed by atoms with Gasteiger partial charge in [-0.3, -0.25) is 10.1 Å². The van der Waals surface area contributed by atoms with E-state index in [0.29, 0.717) is 24.1 Å². The maximum Gasteiger partial charge on any atom is 0.295 e. The van der Waals surface area contributed by atoms with E-state index in [9.17, 15) is 18.5 Å². The highest BCUT2D eigenvalue weighted by atomic mass is 32.2. The Morgan fingerprint density at radius 1 is 1.45 bits per heavy atom. The third-order valence-electron chi connectivity index (χ3n) is 2.46. The van der Waals surface area contributed by atoms with Crippen LogP contribution in [-0.2, 0) is 10.0 Å². The predicted molar refractivity (Wildman–Crippen MR) is 71.7 cm³/mol. The van der Waals surface area contributed by atoms with E-state index in [1.165, 1.54) is 18.2 Å². The van der Waals surface area contributed by atoms with Gasteiger partial charge in [0.15, 0.2) is 5.58 Å². The van der Waals surface area contributed by atoms with Crippen molar-refractivity contribution in [2.75, 3.05) is 17.6 Å². The fourth-order valence-corrected chi connectivity index (χ4v) is 2.12. The summed E-state index contributed by atoms with van der Waals surface area (Å²) >= 11 is 0. The highest BCUT2D eigenvalue weighted by Crippen LogP contribution is 2.23. The molecule has 0 saturated heterocycles. The molecule has 0 aliphatic rings. The number of rotatable bonds is 6. The molecule has 20 heavy (non-hydrogen) atoms. The van der Waals surface area contributed by atoms with E-state index in [1.807, 2.05) is 0 Å². The number of primary sulfonamides is 1. The molecule has 0 unspecified atom stereocenters. The number of nitrogens with zero attached hydrogens (tertiary/aromatic N) is 2. The number of fused-ring (bicyclic) bond motifs is 1. The number of anilines is 1. The van der Waals surface area contributed by atoms with Crippen molar-refractivity contribution >= 4 is 32.8 Å². The predicted octanol–water partition coefficient (Wildman–Crippen LogP) is 0.826. The summed E-state index contributed by atoms with van der Waals surface area (Å²) in [5, 5.41) is 18.3. The number of sulfonamides is 1. The number of hydrogen-bond donors (Lipinski definition) is 2. The molecule has 2 aromatic rings. The summed E-state index contributed by atoms with van der Waals surface area (Å²) in [4.78, 5) is 14.1. The van der Waals surface area contributed by atoms with Crippen LogP contribution in [0.3, 0.4) is 0 Å². The van der Waals surface area contributed by atoms with Crippen LogP contribution in [0, 0.1) is 10.1 Å². The first kappa shape index (κ1) is 14.2. The van der Waals surface area contributed by atoms with Crippen LogP contribution >= 0.6 is 0 Å². The second-order valence-electron chi connectivity index (χ2n) is 4.08. The molecule has 0 radical (unpaired) electrons. The standard InChI is InChI=1S/C10H12N4O5S/c11-20(17,18)5-1-4-12-10-13-8-6-7(14(15)16)2-3-9(8)19-10/h2-3,6H,1,4-5H2,(H,12,13)(H2,11,17,18). The Kier molecular flexibility index (Phi) is 3.86.